The molecule has 0 spiro atoms. The Morgan fingerprint density at radius 3 is 2.30 bits per heavy atom. The Morgan fingerprint density at radius 2 is 1.80 bits per heavy atom. The number of likely N-dealkylation sites (tertiary alicyclic amines) is 1. The van der Waals surface area contributed by atoms with Crippen molar-refractivity contribution >= 4 is 0 Å². The Kier molecular flexibility index (Phi) is 5.19. The molecule has 1 heterocycles. The molecule has 0 aromatic heterocycles. The van der Waals surface area contributed by atoms with Gasteiger partial charge in [-0.15, -0.1) is 0 Å². The highest BCUT2D eigenvalue weighted by atomic mass is 15.2. The van der Waals surface area contributed by atoms with E-state index in [4.69, 9.17) is 5.73 Å². The highest BCUT2D eigenvalue weighted by Crippen LogP contribution is 2.29. The van der Waals surface area contributed by atoms with Gasteiger partial charge < -0.3 is 10.6 Å². The van der Waals surface area contributed by atoms with Crippen molar-refractivity contribution in [2.75, 3.05) is 33.7 Å². The summed E-state index contributed by atoms with van der Waals surface area (Å²) in [6, 6.07) is 7.53. The second-order valence-corrected chi connectivity index (χ2v) is 6.26. The molecule has 3 nitrogen and oxygen atoms in total. The molecule has 3 heteroatoms. The normalized spacial score (nSPS) is 19.5. The fourth-order valence-corrected chi connectivity index (χ4v) is 3.50. The molecule has 1 saturated heterocycles. The van der Waals surface area contributed by atoms with Crippen molar-refractivity contribution in [2.24, 2.45) is 5.73 Å². The first-order valence-corrected chi connectivity index (χ1v) is 7.71. The van der Waals surface area contributed by atoms with Crippen LogP contribution in [-0.2, 0) is 0 Å². The van der Waals surface area contributed by atoms with Gasteiger partial charge in [-0.3, -0.25) is 4.90 Å². The van der Waals surface area contributed by atoms with E-state index in [1.165, 1.54) is 42.6 Å². The van der Waals surface area contributed by atoms with Gasteiger partial charge in [0.05, 0.1) is 0 Å². The third-order valence-electron chi connectivity index (χ3n) is 4.85. The summed E-state index contributed by atoms with van der Waals surface area (Å²) in [5.41, 5.74) is 10.3. The molecule has 1 aliphatic heterocycles. The van der Waals surface area contributed by atoms with Crippen molar-refractivity contribution in [1.82, 2.24) is 9.80 Å². The molecule has 112 valence electrons. The summed E-state index contributed by atoms with van der Waals surface area (Å²) in [5.74, 6) is 0. The number of piperidine rings is 1. The van der Waals surface area contributed by atoms with Gasteiger partial charge in [0, 0.05) is 18.6 Å². The maximum atomic E-state index is 6.13. The van der Waals surface area contributed by atoms with Crippen molar-refractivity contribution in [3.05, 3.63) is 34.9 Å². The van der Waals surface area contributed by atoms with E-state index < -0.39 is 0 Å². The molecule has 20 heavy (non-hydrogen) atoms. The summed E-state index contributed by atoms with van der Waals surface area (Å²) in [5, 5.41) is 0. The van der Waals surface area contributed by atoms with E-state index in [0.717, 1.165) is 0 Å². The lowest BCUT2D eigenvalue weighted by Crippen LogP contribution is -2.45. The fraction of sp³-hybridized carbons (Fsp3) is 0.647. The SMILES string of the molecule is Cc1cccc(C)c1C(CN)N(C)C1CCN(C)CC1. The van der Waals surface area contributed by atoms with Crippen LogP contribution in [0.4, 0.5) is 0 Å². The first-order chi connectivity index (χ1) is 9.54. The van der Waals surface area contributed by atoms with Crippen LogP contribution in [0.5, 0.6) is 0 Å². The van der Waals surface area contributed by atoms with Gasteiger partial charge in [0.1, 0.15) is 0 Å². The highest BCUT2D eigenvalue weighted by molar-refractivity contribution is 5.36. The largest absolute Gasteiger partial charge is 0.329 e. The van der Waals surface area contributed by atoms with E-state index >= 15 is 0 Å². The van der Waals surface area contributed by atoms with Gasteiger partial charge in [-0.25, -0.2) is 0 Å². The summed E-state index contributed by atoms with van der Waals surface area (Å²) in [6.45, 7) is 7.48. The first-order valence-electron chi connectivity index (χ1n) is 7.71. The topological polar surface area (TPSA) is 32.5 Å². The lowest BCUT2D eigenvalue weighted by atomic mass is 9.93. The van der Waals surface area contributed by atoms with Gasteiger partial charge in [-0.05, 0) is 70.6 Å². The van der Waals surface area contributed by atoms with Crippen LogP contribution < -0.4 is 5.73 Å². The molecular weight excluding hydrogens is 246 g/mol. The molecule has 0 radical (unpaired) electrons. The number of aryl methyl sites for hydroxylation is 2. The molecule has 1 aromatic carbocycles. The van der Waals surface area contributed by atoms with Gasteiger partial charge in [0.2, 0.25) is 0 Å². The number of hydrogen-bond acceptors (Lipinski definition) is 3. The van der Waals surface area contributed by atoms with Crippen LogP contribution in [0.1, 0.15) is 35.6 Å². The van der Waals surface area contributed by atoms with E-state index in [-0.39, 0.29) is 0 Å². The molecule has 1 unspecified atom stereocenters. The lowest BCUT2D eigenvalue weighted by Gasteiger charge is -2.40. The summed E-state index contributed by atoms with van der Waals surface area (Å²) in [4.78, 5) is 4.93. The molecule has 1 atom stereocenters. The average molecular weight is 275 g/mol. The first kappa shape index (κ1) is 15.5. The van der Waals surface area contributed by atoms with Crippen LogP contribution in [0.15, 0.2) is 18.2 Å². The van der Waals surface area contributed by atoms with Crippen LogP contribution in [0.25, 0.3) is 0 Å². The minimum Gasteiger partial charge on any atom is -0.329 e. The second kappa shape index (κ2) is 6.70. The van der Waals surface area contributed by atoms with Crippen LogP contribution in [0.3, 0.4) is 0 Å². The molecule has 2 rings (SSSR count). The number of nitrogens with two attached hydrogens (primary N) is 1. The zero-order valence-corrected chi connectivity index (χ0v) is 13.4. The maximum absolute atomic E-state index is 6.13. The Labute approximate surface area is 123 Å². The van der Waals surface area contributed by atoms with Gasteiger partial charge in [0.25, 0.3) is 0 Å². The van der Waals surface area contributed by atoms with Gasteiger partial charge in [0.15, 0.2) is 0 Å². The van der Waals surface area contributed by atoms with E-state index in [0.29, 0.717) is 18.6 Å². The highest BCUT2D eigenvalue weighted by Gasteiger charge is 2.27. The number of nitrogens with zero attached hydrogens (tertiary/aromatic N) is 2. The summed E-state index contributed by atoms with van der Waals surface area (Å²) in [7, 11) is 4.46. The summed E-state index contributed by atoms with van der Waals surface area (Å²) < 4.78 is 0. The predicted molar refractivity (Wildman–Crippen MR) is 86.0 cm³/mol. The summed E-state index contributed by atoms with van der Waals surface area (Å²) in [6.07, 6.45) is 2.49. The Balaban J connectivity index is 2.19. The van der Waals surface area contributed by atoms with Crippen LogP contribution in [0.2, 0.25) is 0 Å². The molecule has 2 N–H and O–H groups in total. The Bertz CT molecular complexity index is 416. The standard InChI is InChI=1S/C17H29N3/c1-13-6-5-7-14(2)17(13)16(12-18)20(4)15-8-10-19(3)11-9-15/h5-7,15-16H,8-12,18H2,1-4H3. The van der Waals surface area contributed by atoms with Gasteiger partial charge in [-0.1, -0.05) is 18.2 Å². The minimum absolute atomic E-state index is 0.338. The predicted octanol–water partition coefficient (Wildman–Crippen LogP) is 2.33. The smallest absolute Gasteiger partial charge is 0.0475 e. The molecule has 0 saturated carbocycles. The Hall–Kier alpha value is -0.900. The minimum atomic E-state index is 0.338. The van der Waals surface area contributed by atoms with E-state index in [2.05, 4.69) is 55.9 Å². The average Bonchev–Trinajstić information content (AvgIpc) is 2.43. The molecule has 0 bridgehead atoms. The molecule has 0 amide bonds. The van der Waals surface area contributed by atoms with Gasteiger partial charge in [-0.2, -0.15) is 0 Å². The van der Waals surface area contributed by atoms with Crippen LogP contribution >= 0.6 is 0 Å². The lowest BCUT2D eigenvalue weighted by molar-refractivity contribution is 0.109. The zero-order chi connectivity index (χ0) is 14.7. The number of likely N-dealkylation sites (N-methyl/N-ethyl adjacent to an activating group) is 1. The molecular formula is C17H29N3. The van der Waals surface area contributed by atoms with Crippen molar-refractivity contribution in [2.45, 2.75) is 38.8 Å². The van der Waals surface area contributed by atoms with Crippen LogP contribution in [0, 0.1) is 13.8 Å². The second-order valence-electron chi connectivity index (χ2n) is 6.26. The number of rotatable bonds is 4. The van der Waals surface area contributed by atoms with E-state index in [9.17, 15) is 0 Å². The van der Waals surface area contributed by atoms with Crippen molar-refractivity contribution in [1.29, 1.82) is 0 Å². The summed E-state index contributed by atoms with van der Waals surface area (Å²) >= 11 is 0. The maximum Gasteiger partial charge on any atom is 0.0475 e. The Morgan fingerprint density at radius 1 is 1.25 bits per heavy atom. The zero-order valence-electron chi connectivity index (χ0n) is 13.4. The monoisotopic (exact) mass is 275 g/mol. The molecule has 0 aliphatic carbocycles. The van der Waals surface area contributed by atoms with Crippen molar-refractivity contribution in [3.8, 4) is 0 Å². The van der Waals surface area contributed by atoms with Crippen LogP contribution in [-0.4, -0.2) is 49.6 Å². The van der Waals surface area contributed by atoms with E-state index in [1.54, 1.807) is 0 Å². The third kappa shape index (κ3) is 3.22. The third-order valence-corrected chi connectivity index (χ3v) is 4.85. The van der Waals surface area contributed by atoms with Gasteiger partial charge >= 0.3 is 0 Å². The molecule has 1 aliphatic rings. The van der Waals surface area contributed by atoms with Crippen molar-refractivity contribution in [3.63, 3.8) is 0 Å². The quantitative estimate of drug-likeness (QED) is 0.915. The number of benzene rings is 1. The number of hydrogen-bond donors (Lipinski definition) is 1. The fourth-order valence-electron chi connectivity index (χ4n) is 3.50. The molecule has 1 aromatic rings. The van der Waals surface area contributed by atoms with E-state index in [1.807, 2.05) is 0 Å². The van der Waals surface area contributed by atoms with Crippen molar-refractivity contribution < 1.29 is 0 Å². The molecule has 1 fully saturated rings.